The first-order valence-electron chi connectivity index (χ1n) is 9.15. The number of hydrogen-bond acceptors (Lipinski definition) is 3. The van der Waals surface area contributed by atoms with Crippen molar-refractivity contribution in [1.82, 2.24) is 5.32 Å². The predicted octanol–water partition coefficient (Wildman–Crippen LogP) is 3.06. The topological polar surface area (TPSA) is 58.6 Å². The van der Waals surface area contributed by atoms with Crippen molar-refractivity contribution in [2.75, 3.05) is 24.6 Å². The van der Waals surface area contributed by atoms with Crippen LogP contribution in [0.15, 0.2) is 48.5 Å². The van der Waals surface area contributed by atoms with Gasteiger partial charge in [-0.1, -0.05) is 41.9 Å². The van der Waals surface area contributed by atoms with Gasteiger partial charge in [0.25, 0.3) is 0 Å². The van der Waals surface area contributed by atoms with Gasteiger partial charge in [-0.05, 0) is 30.2 Å². The van der Waals surface area contributed by atoms with Crippen LogP contribution in [0.3, 0.4) is 0 Å². The second-order valence-electron chi connectivity index (χ2n) is 7.09. The molecule has 140 valence electrons. The van der Waals surface area contributed by atoms with E-state index in [9.17, 15) is 9.59 Å². The lowest BCUT2D eigenvalue weighted by Crippen LogP contribution is -2.38. The van der Waals surface area contributed by atoms with Crippen LogP contribution in [0.1, 0.15) is 12.0 Å². The van der Waals surface area contributed by atoms with E-state index in [1.807, 2.05) is 30.3 Å². The number of rotatable bonds is 4. The number of halogens is 1. The Bertz CT molecular complexity index is 870. The Hall–Kier alpha value is -2.53. The van der Waals surface area contributed by atoms with Crippen molar-refractivity contribution in [1.29, 1.82) is 0 Å². The molecule has 6 heteroatoms. The Morgan fingerprint density at radius 2 is 1.93 bits per heavy atom. The van der Waals surface area contributed by atoms with E-state index in [4.69, 9.17) is 16.3 Å². The summed E-state index contributed by atoms with van der Waals surface area (Å²) < 4.78 is 5.77. The van der Waals surface area contributed by atoms with Crippen molar-refractivity contribution in [2.45, 2.75) is 12.8 Å². The summed E-state index contributed by atoms with van der Waals surface area (Å²) >= 11 is 6.19. The Labute approximate surface area is 163 Å². The van der Waals surface area contributed by atoms with Crippen molar-refractivity contribution < 1.29 is 14.3 Å². The number of ether oxygens (including phenoxy) is 1. The van der Waals surface area contributed by atoms with Gasteiger partial charge in [-0.3, -0.25) is 9.59 Å². The average molecular weight is 385 g/mol. The number of nitrogens with one attached hydrogen (secondary N) is 1. The average Bonchev–Trinajstić information content (AvgIpc) is 3.08. The second-order valence-corrected chi connectivity index (χ2v) is 7.50. The monoisotopic (exact) mass is 384 g/mol. The quantitative estimate of drug-likeness (QED) is 0.881. The molecule has 5 nitrogen and oxygen atoms in total. The Morgan fingerprint density at radius 1 is 1.15 bits per heavy atom. The molecule has 4 rings (SSSR count). The smallest absolute Gasteiger partial charge is 0.227 e. The van der Waals surface area contributed by atoms with Gasteiger partial charge in [0.1, 0.15) is 5.75 Å². The predicted molar refractivity (Wildman–Crippen MR) is 104 cm³/mol. The van der Waals surface area contributed by atoms with Gasteiger partial charge in [0.2, 0.25) is 11.8 Å². The summed E-state index contributed by atoms with van der Waals surface area (Å²) in [5.74, 6) is 0.651. The maximum absolute atomic E-state index is 12.6. The summed E-state index contributed by atoms with van der Waals surface area (Å²) in [6.45, 7) is 1.50. The molecule has 0 aromatic heterocycles. The molecule has 27 heavy (non-hydrogen) atoms. The molecular weight excluding hydrogens is 364 g/mol. The molecule has 1 saturated heterocycles. The number of carbonyl (C=O) groups is 2. The fraction of sp³-hybridized carbons (Fsp3) is 0.333. The molecule has 0 bridgehead atoms. The highest BCUT2D eigenvalue weighted by Crippen LogP contribution is 2.31. The van der Waals surface area contributed by atoms with Crippen LogP contribution < -0.4 is 15.0 Å². The molecule has 0 aliphatic carbocycles. The first-order chi connectivity index (χ1) is 13.1. The first-order valence-corrected chi connectivity index (χ1v) is 9.53. The van der Waals surface area contributed by atoms with E-state index in [1.54, 1.807) is 17.0 Å². The number of para-hydroxylation sites is 2. The molecule has 2 aromatic rings. The Balaban J connectivity index is 1.33. The zero-order chi connectivity index (χ0) is 18.8. The minimum atomic E-state index is -0.356. The number of hydrogen-bond donors (Lipinski definition) is 1. The summed E-state index contributed by atoms with van der Waals surface area (Å²) in [6, 6.07) is 15.2. The summed E-state index contributed by atoms with van der Waals surface area (Å²) in [7, 11) is 0. The van der Waals surface area contributed by atoms with Gasteiger partial charge in [-0.2, -0.15) is 0 Å². The summed E-state index contributed by atoms with van der Waals surface area (Å²) in [4.78, 5) is 26.5. The third-order valence-electron chi connectivity index (χ3n) is 5.16. The van der Waals surface area contributed by atoms with E-state index in [-0.39, 0.29) is 30.1 Å². The van der Waals surface area contributed by atoms with E-state index in [1.165, 1.54) is 5.56 Å². The zero-order valence-corrected chi connectivity index (χ0v) is 15.6. The Morgan fingerprint density at radius 3 is 2.78 bits per heavy atom. The number of benzene rings is 2. The molecule has 2 atom stereocenters. The zero-order valence-electron chi connectivity index (χ0n) is 14.9. The lowest BCUT2D eigenvalue weighted by Gasteiger charge is -2.25. The highest BCUT2D eigenvalue weighted by Gasteiger charge is 2.36. The van der Waals surface area contributed by atoms with Crippen LogP contribution in [-0.2, 0) is 16.0 Å². The SMILES string of the molecule is O=C(NCC1COc2ccccc2C1)C1CC(=O)N(c2ccccc2Cl)C1. The highest BCUT2D eigenvalue weighted by atomic mass is 35.5. The molecule has 2 aromatic carbocycles. The van der Waals surface area contributed by atoms with Gasteiger partial charge in [0.05, 0.1) is 23.2 Å². The van der Waals surface area contributed by atoms with Crippen molar-refractivity contribution in [3.8, 4) is 5.75 Å². The third kappa shape index (κ3) is 3.78. The molecule has 2 aliphatic heterocycles. The second kappa shape index (κ2) is 7.61. The fourth-order valence-electron chi connectivity index (χ4n) is 3.70. The summed E-state index contributed by atoms with van der Waals surface area (Å²) in [5, 5.41) is 3.52. The van der Waals surface area contributed by atoms with Crippen LogP contribution in [-0.4, -0.2) is 31.5 Å². The normalized spacial score (nSPS) is 21.5. The molecule has 2 aliphatic rings. The van der Waals surface area contributed by atoms with Crippen molar-refractivity contribution >= 4 is 29.1 Å². The standard InChI is InChI=1S/C21H21ClN2O3/c22-17-6-2-3-7-18(17)24-12-16(10-20(24)25)21(26)23-11-14-9-15-5-1-4-8-19(15)27-13-14/h1-8,14,16H,9-13H2,(H,23,26). The lowest BCUT2D eigenvalue weighted by molar-refractivity contribution is -0.126. The number of carbonyl (C=O) groups excluding carboxylic acids is 2. The maximum Gasteiger partial charge on any atom is 0.227 e. The number of anilines is 1. The van der Waals surface area contributed by atoms with E-state index in [0.717, 1.165) is 12.2 Å². The molecule has 2 unspecified atom stereocenters. The van der Waals surface area contributed by atoms with Crippen molar-refractivity contribution in [2.24, 2.45) is 11.8 Å². The molecule has 0 radical (unpaired) electrons. The minimum Gasteiger partial charge on any atom is -0.493 e. The van der Waals surface area contributed by atoms with Gasteiger partial charge in [-0.25, -0.2) is 0 Å². The molecular formula is C21H21ClN2O3. The molecule has 2 amide bonds. The molecule has 0 spiro atoms. The van der Waals surface area contributed by atoms with E-state index < -0.39 is 0 Å². The molecule has 1 fully saturated rings. The van der Waals surface area contributed by atoms with E-state index in [0.29, 0.717) is 30.4 Å². The molecule has 1 N–H and O–H groups in total. The van der Waals surface area contributed by atoms with Gasteiger partial charge in [0, 0.05) is 25.4 Å². The van der Waals surface area contributed by atoms with Gasteiger partial charge >= 0.3 is 0 Å². The van der Waals surface area contributed by atoms with Crippen molar-refractivity contribution in [3.63, 3.8) is 0 Å². The molecule has 2 heterocycles. The lowest BCUT2D eigenvalue weighted by atomic mass is 9.96. The van der Waals surface area contributed by atoms with Crippen molar-refractivity contribution in [3.05, 3.63) is 59.1 Å². The number of nitrogens with zero attached hydrogens (tertiary/aromatic N) is 1. The van der Waals surface area contributed by atoms with Crippen LogP contribution in [0.2, 0.25) is 5.02 Å². The summed E-state index contributed by atoms with van der Waals surface area (Å²) in [6.07, 6.45) is 1.09. The molecule has 0 saturated carbocycles. The third-order valence-corrected chi connectivity index (χ3v) is 5.48. The summed E-state index contributed by atoms with van der Waals surface area (Å²) in [5.41, 5.74) is 1.83. The van der Waals surface area contributed by atoms with Crippen LogP contribution >= 0.6 is 11.6 Å². The fourth-order valence-corrected chi connectivity index (χ4v) is 3.94. The van der Waals surface area contributed by atoms with Gasteiger partial charge in [0.15, 0.2) is 0 Å². The van der Waals surface area contributed by atoms with Gasteiger partial charge < -0.3 is 15.0 Å². The van der Waals surface area contributed by atoms with E-state index >= 15 is 0 Å². The van der Waals surface area contributed by atoms with Crippen LogP contribution in [0, 0.1) is 11.8 Å². The largest absolute Gasteiger partial charge is 0.493 e. The van der Waals surface area contributed by atoms with Crippen LogP contribution in [0.25, 0.3) is 0 Å². The number of amides is 2. The van der Waals surface area contributed by atoms with E-state index in [2.05, 4.69) is 11.4 Å². The van der Waals surface area contributed by atoms with Crippen LogP contribution in [0.4, 0.5) is 5.69 Å². The highest BCUT2D eigenvalue weighted by molar-refractivity contribution is 6.33. The minimum absolute atomic E-state index is 0.0711. The first kappa shape index (κ1) is 17.9. The number of fused-ring (bicyclic) bond motifs is 1. The maximum atomic E-state index is 12.6. The van der Waals surface area contributed by atoms with Crippen LogP contribution in [0.5, 0.6) is 5.75 Å². The Kier molecular flexibility index (Phi) is 5.03. The van der Waals surface area contributed by atoms with Gasteiger partial charge in [-0.15, -0.1) is 0 Å².